The molecule has 2 atom stereocenters. The van der Waals surface area contributed by atoms with Crippen LogP contribution in [0, 0.1) is 5.92 Å². The van der Waals surface area contributed by atoms with Crippen LogP contribution in [0.2, 0.25) is 0 Å². The van der Waals surface area contributed by atoms with Gasteiger partial charge in [-0.1, -0.05) is 13.8 Å². The smallest absolute Gasteiger partial charge is 0.272 e. The maximum atomic E-state index is 12.5. The van der Waals surface area contributed by atoms with Gasteiger partial charge in [-0.05, 0) is 13.3 Å². The summed E-state index contributed by atoms with van der Waals surface area (Å²) in [5.41, 5.74) is 1.05. The third kappa shape index (κ3) is 3.69. The fraction of sp³-hybridized carbons (Fsp3) is 0.667. The highest BCUT2D eigenvalue weighted by Crippen LogP contribution is 2.19. The zero-order chi connectivity index (χ0) is 15.4. The quantitative estimate of drug-likeness (QED) is 0.865. The monoisotopic (exact) mass is 292 g/mol. The maximum Gasteiger partial charge on any atom is 0.272 e. The van der Waals surface area contributed by atoms with Gasteiger partial charge in [-0.3, -0.25) is 4.79 Å². The highest BCUT2D eigenvalue weighted by atomic mass is 16.5. The molecule has 6 nitrogen and oxygen atoms in total. The number of hydrogen-bond acceptors (Lipinski definition) is 5. The predicted molar refractivity (Wildman–Crippen MR) is 81.5 cm³/mol. The minimum atomic E-state index is -0.164. The van der Waals surface area contributed by atoms with Crippen molar-refractivity contribution < 1.29 is 9.53 Å². The number of rotatable bonds is 5. The molecule has 0 aromatic carbocycles. The number of nitrogens with one attached hydrogen (secondary N) is 2. The molecule has 21 heavy (non-hydrogen) atoms. The molecule has 0 spiro atoms. The molecule has 116 valence electrons. The van der Waals surface area contributed by atoms with Gasteiger partial charge in [-0.25, -0.2) is 9.97 Å². The molecule has 1 aliphatic heterocycles. The van der Waals surface area contributed by atoms with Crippen molar-refractivity contribution in [3.05, 3.63) is 17.7 Å². The van der Waals surface area contributed by atoms with Crippen molar-refractivity contribution in [2.24, 2.45) is 5.92 Å². The topological polar surface area (TPSA) is 76.1 Å². The number of carbonyl (C=O) groups is 1. The molecule has 1 aliphatic rings. The van der Waals surface area contributed by atoms with Crippen molar-refractivity contribution in [2.45, 2.75) is 39.2 Å². The first-order chi connectivity index (χ1) is 10.0. The van der Waals surface area contributed by atoms with E-state index in [1.54, 1.807) is 13.2 Å². The Morgan fingerprint density at radius 3 is 2.76 bits per heavy atom. The van der Waals surface area contributed by atoms with Crippen LogP contribution >= 0.6 is 0 Å². The van der Waals surface area contributed by atoms with Crippen LogP contribution in [0.5, 0.6) is 0 Å². The number of anilines is 1. The van der Waals surface area contributed by atoms with Gasteiger partial charge in [0.05, 0.1) is 18.5 Å². The molecule has 1 fully saturated rings. The highest BCUT2D eigenvalue weighted by Gasteiger charge is 2.25. The Balaban J connectivity index is 2.14. The minimum absolute atomic E-state index is 0.0715. The van der Waals surface area contributed by atoms with Crippen LogP contribution in [0.1, 0.15) is 49.4 Å². The standard InChI is InChI=1S/C15H24N4O2/c1-9(2)14-17-7-12(16-4)13(19-14)15(20)18-10(3)11-5-6-21-8-11/h7,9-11,16H,5-6,8H2,1-4H3,(H,18,20). The van der Waals surface area contributed by atoms with Crippen LogP contribution < -0.4 is 10.6 Å². The molecular formula is C15H24N4O2. The van der Waals surface area contributed by atoms with Crippen LogP contribution in [0.15, 0.2) is 6.20 Å². The van der Waals surface area contributed by atoms with E-state index in [0.717, 1.165) is 13.0 Å². The van der Waals surface area contributed by atoms with Gasteiger partial charge in [0.15, 0.2) is 5.69 Å². The number of nitrogens with zero attached hydrogens (tertiary/aromatic N) is 2. The second kappa shape index (κ2) is 6.85. The second-order valence-electron chi connectivity index (χ2n) is 5.78. The number of aromatic nitrogens is 2. The summed E-state index contributed by atoms with van der Waals surface area (Å²) in [4.78, 5) is 21.2. The summed E-state index contributed by atoms with van der Waals surface area (Å²) in [7, 11) is 1.76. The Hall–Kier alpha value is -1.69. The summed E-state index contributed by atoms with van der Waals surface area (Å²) in [5, 5.41) is 6.00. The van der Waals surface area contributed by atoms with E-state index in [1.807, 2.05) is 20.8 Å². The lowest BCUT2D eigenvalue weighted by Gasteiger charge is -2.20. The second-order valence-corrected chi connectivity index (χ2v) is 5.78. The molecule has 1 aromatic heterocycles. The van der Waals surface area contributed by atoms with Crippen molar-refractivity contribution in [3.8, 4) is 0 Å². The van der Waals surface area contributed by atoms with E-state index in [9.17, 15) is 4.79 Å². The molecule has 1 saturated heterocycles. The van der Waals surface area contributed by atoms with E-state index in [4.69, 9.17) is 4.74 Å². The molecule has 0 bridgehead atoms. The van der Waals surface area contributed by atoms with E-state index in [2.05, 4.69) is 20.6 Å². The molecule has 0 saturated carbocycles. The SMILES string of the molecule is CNc1cnc(C(C)C)nc1C(=O)NC(C)C1CCOC1. The maximum absolute atomic E-state index is 12.5. The normalized spacial score (nSPS) is 19.6. The molecule has 2 unspecified atom stereocenters. The van der Waals surface area contributed by atoms with E-state index in [0.29, 0.717) is 29.7 Å². The van der Waals surface area contributed by atoms with Crippen molar-refractivity contribution in [1.29, 1.82) is 0 Å². The van der Waals surface area contributed by atoms with Gasteiger partial charge in [0, 0.05) is 31.5 Å². The van der Waals surface area contributed by atoms with E-state index in [1.165, 1.54) is 0 Å². The Kier molecular flexibility index (Phi) is 5.12. The van der Waals surface area contributed by atoms with Crippen LogP contribution in [0.25, 0.3) is 0 Å². The zero-order valence-electron chi connectivity index (χ0n) is 13.1. The summed E-state index contributed by atoms with van der Waals surface area (Å²) in [6.45, 7) is 7.52. The highest BCUT2D eigenvalue weighted by molar-refractivity contribution is 5.97. The lowest BCUT2D eigenvalue weighted by molar-refractivity contribution is 0.0917. The number of ether oxygens (including phenoxy) is 1. The van der Waals surface area contributed by atoms with Gasteiger partial charge < -0.3 is 15.4 Å². The first-order valence-corrected chi connectivity index (χ1v) is 7.46. The summed E-state index contributed by atoms with van der Waals surface area (Å²) in [6.07, 6.45) is 2.65. The van der Waals surface area contributed by atoms with Gasteiger partial charge in [-0.15, -0.1) is 0 Å². The molecule has 6 heteroatoms. The average molecular weight is 292 g/mol. The van der Waals surface area contributed by atoms with Gasteiger partial charge >= 0.3 is 0 Å². The van der Waals surface area contributed by atoms with E-state index in [-0.39, 0.29) is 17.9 Å². The minimum Gasteiger partial charge on any atom is -0.385 e. The molecule has 0 aliphatic carbocycles. The third-order valence-corrected chi connectivity index (χ3v) is 3.84. The molecular weight excluding hydrogens is 268 g/mol. The van der Waals surface area contributed by atoms with Crippen molar-refractivity contribution in [2.75, 3.05) is 25.6 Å². The fourth-order valence-corrected chi connectivity index (χ4v) is 2.37. The number of carbonyl (C=O) groups excluding carboxylic acids is 1. The Morgan fingerprint density at radius 1 is 1.43 bits per heavy atom. The van der Waals surface area contributed by atoms with Crippen LogP contribution in [0.3, 0.4) is 0 Å². The lowest BCUT2D eigenvalue weighted by atomic mass is 10.0. The largest absolute Gasteiger partial charge is 0.385 e. The fourth-order valence-electron chi connectivity index (χ4n) is 2.37. The van der Waals surface area contributed by atoms with Crippen LogP contribution in [0.4, 0.5) is 5.69 Å². The van der Waals surface area contributed by atoms with Gasteiger partial charge in [-0.2, -0.15) is 0 Å². The third-order valence-electron chi connectivity index (χ3n) is 3.84. The molecule has 2 rings (SSSR count). The Labute approximate surface area is 125 Å². The molecule has 0 radical (unpaired) electrons. The predicted octanol–water partition coefficient (Wildman–Crippen LogP) is 1.80. The van der Waals surface area contributed by atoms with Gasteiger partial charge in [0.1, 0.15) is 5.82 Å². The Bertz CT molecular complexity index is 498. The first kappa shape index (κ1) is 15.7. The number of hydrogen-bond donors (Lipinski definition) is 2. The Morgan fingerprint density at radius 2 is 2.19 bits per heavy atom. The summed E-state index contributed by atoms with van der Waals surface area (Å²) in [6, 6.07) is 0.0715. The number of amides is 1. The molecule has 1 aromatic rings. The molecule has 1 amide bonds. The van der Waals surface area contributed by atoms with Gasteiger partial charge in [0.25, 0.3) is 5.91 Å². The average Bonchev–Trinajstić information content (AvgIpc) is 3.00. The summed E-state index contributed by atoms with van der Waals surface area (Å²) < 4.78 is 5.37. The van der Waals surface area contributed by atoms with Crippen molar-refractivity contribution in [3.63, 3.8) is 0 Å². The van der Waals surface area contributed by atoms with Crippen LogP contribution in [-0.2, 0) is 4.74 Å². The van der Waals surface area contributed by atoms with Gasteiger partial charge in [0.2, 0.25) is 0 Å². The zero-order valence-corrected chi connectivity index (χ0v) is 13.1. The van der Waals surface area contributed by atoms with Crippen molar-refractivity contribution in [1.82, 2.24) is 15.3 Å². The van der Waals surface area contributed by atoms with Crippen molar-refractivity contribution >= 4 is 11.6 Å². The first-order valence-electron chi connectivity index (χ1n) is 7.46. The lowest BCUT2D eigenvalue weighted by Crippen LogP contribution is -2.39. The summed E-state index contributed by atoms with van der Waals surface area (Å²) in [5.74, 6) is 1.07. The molecule has 2 heterocycles. The van der Waals surface area contributed by atoms with E-state index < -0.39 is 0 Å². The van der Waals surface area contributed by atoms with E-state index >= 15 is 0 Å². The van der Waals surface area contributed by atoms with Crippen LogP contribution in [-0.4, -0.2) is 42.2 Å². The summed E-state index contributed by atoms with van der Waals surface area (Å²) >= 11 is 0. The molecule has 2 N–H and O–H groups in total.